The van der Waals surface area contributed by atoms with Crippen LogP contribution in [0, 0.1) is 0 Å². The number of amides is 1. The summed E-state index contributed by atoms with van der Waals surface area (Å²) in [6, 6.07) is -0.772. The monoisotopic (exact) mass is 392 g/mol. The molecular weight excluding hydrogens is 364 g/mol. The van der Waals surface area contributed by atoms with Crippen LogP contribution in [0.5, 0.6) is 0 Å². The third kappa shape index (κ3) is 17.9. The molecule has 0 radical (unpaired) electrons. The lowest BCUT2D eigenvalue weighted by Gasteiger charge is -2.19. The van der Waals surface area contributed by atoms with Crippen molar-refractivity contribution >= 4 is 24.0 Å². The number of carboxylic acid groups (broad SMARTS) is 2. The van der Waals surface area contributed by atoms with E-state index in [-0.39, 0.29) is 6.61 Å². The maximum Gasteiger partial charge on any atom is 0.414 e. The molecule has 0 aromatic heterocycles. The number of rotatable bonds is 9. The molecule has 11 heteroatoms. The molecule has 0 aliphatic carbocycles. The van der Waals surface area contributed by atoms with Gasteiger partial charge in [-0.05, 0) is 40.0 Å². The second kappa shape index (κ2) is 14.5. The first-order valence-electron chi connectivity index (χ1n) is 8.04. The zero-order valence-corrected chi connectivity index (χ0v) is 15.7. The van der Waals surface area contributed by atoms with Crippen LogP contribution in [0.3, 0.4) is 0 Å². The van der Waals surface area contributed by atoms with E-state index in [1.165, 1.54) is 6.08 Å². The van der Waals surface area contributed by atoms with Crippen molar-refractivity contribution in [2.24, 2.45) is 0 Å². The summed E-state index contributed by atoms with van der Waals surface area (Å²) in [5.74, 6) is -4.18. The molecule has 0 saturated heterocycles. The highest BCUT2D eigenvalue weighted by atomic mass is 16.6. The van der Waals surface area contributed by atoms with Crippen LogP contribution in [0.4, 0.5) is 4.79 Å². The number of alkyl carbamates (subject to hydrolysis) is 1. The highest BCUT2D eigenvalue weighted by Crippen LogP contribution is 2.07. The van der Waals surface area contributed by atoms with Gasteiger partial charge in [0.25, 0.3) is 0 Å². The van der Waals surface area contributed by atoms with Crippen molar-refractivity contribution in [3.63, 3.8) is 0 Å². The minimum absolute atomic E-state index is 0.108. The van der Waals surface area contributed by atoms with Gasteiger partial charge in [-0.15, -0.1) is 0 Å². The smallest absolute Gasteiger partial charge is 0.414 e. The Hall–Kier alpha value is -2.66. The van der Waals surface area contributed by atoms with Gasteiger partial charge in [0.2, 0.25) is 0 Å². The summed E-state index contributed by atoms with van der Waals surface area (Å²) in [5.41, 5.74) is 1.40. The van der Waals surface area contributed by atoms with Crippen molar-refractivity contribution in [2.45, 2.75) is 51.7 Å². The standard InChI is InChI=1S/C14H26N2O5.C2H2O4/c1-5-10-20-12(17)11(16-19)8-6-7-9-15-13(18)21-14(2,3)4;3-1(4)2(5)6/h5,11,16,19H,1,6-10H2,2-4H3,(H,15,18);(H,3,4)(H,5,6)/t11-;/m0./s1. The second-order valence-corrected chi connectivity index (χ2v) is 6.14. The largest absolute Gasteiger partial charge is 0.473 e. The number of hydrogen-bond donors (Lipinski definition) is 5. The summed E-state index contributed by atoms with van der Waals surface area (Å²) in [5, 5.41) is 26.3. The first-order chi connectivity index (χ1) is 12.4. The summed E-state index contributed by atoms with van der Waals surface area (Å²) in [6.45, 7) is 9.35. The molecule has 0 aliphatic heterocycles. The van der Waals surface area contributed by atoms with Gasteiger partial charge in [0.05, 0.1) is 0 Å². The zero-order valence-electron chi connectivity index (χ0n) is 15.7. The fraction of sp³-hybridized carbons (Fsp3) is 0.625. The Morgan fingerprint density at radius 1 is 1.11 bits per heavy atom. The molecule has 0 saturated carbocycles. The highest BCUT2D eigenvalue weighted by Gasteiger charge is 2.18. The maximum atomic E-state index is 11.5. The van der Waals surface area contributed by atoms with Crippen LogP contribution in [0.25, 0.3) is 0 Å². The Balaban J connectivity index is 0. The molecule has 5 N–H and O–H groups in total. The van der Waals surface area contributed by atoms with Crippen LogP contribution in [0.2, 0.25) is 0 Å². The summed E-state index contributed by atoms with van der Waals surface area (Å²) < 4.78 is 9.91. The first-order valence-corrected chi connectivity index (χ1v) is 8.04. The molecule has 11 nitrogen and oxygen atoms in total. The molecule has 0 aliphatic rings. The molecule has 0 unspecified atom stereocenters. The van der Waals surface area contributed by atoms with Gasteiger partial charge in [-0.1, -0.05) is 12.7 Å². The van der Waals surface area contributed by atoms with Crippen LogP contribution >= 0.6 is 0 Å². The Morgan fingerprint density at radius 2 is 1.67 bits per heavy atom. The van der Waals surface area contributed by atoms with Crippen molar-refractivity contribution in [1.82, 2.24) is 10.8 Å². The summed E-state index contributed by atoms with van der Waals surface area (Å²) >= 11 is 0. The molecule has 0 rings (SSSR count). The summed E-state index contributed by atoms with van der Waals surface area (Å²) in [6.07, 6.45) is 2.69. The van der Waals surface area contributed by atoms with E-state index in [4.69, 9.17) is 34.5 Å². The first kappa shape index (κ1) is 26.6. The molecule has 0 spiro atoms. The molecule has 156 valence electrons. The molecule has 27 heavy (non-hydrogen) atoms. The average molecular weight is 392 g/mol. The van der Waals surface area contributed by atoms with Crippen molar-refractivity contribution in [2.75, 3.05) is 13.2 Å². The van der Waals surface area contributed by atoms with E-state index in [1.807, 2.05) is 5.48 Å². The minimum atomic E-state index is -1.82. The van der Waals surface area contributed by atoms with Gasteiger partial charge < -0.3 is 30.2 Å². The van der Waals surface area contributed by atoms with E-state index in [0.717, 1.165) is 0 Å². The van der Waals surface area contributed by atoms with Gasteiger partial charge in [0.1, 0.15) is 18.2 Å². The average Bonchev–Trinajstić information content (AvgIpc) is 2.54. The second-order valence-electron chi connectivity index (χ2n) is 6.14. The molecular formula is C16H28N2O9. The highest BCUT2D eigenvalue weighted by molar-refractivity contribution is 6.27. The van der Waals surface area contributed by atoms with Gasteiger partial charge in [-0.25, -0.2) is 14.4 Å². The predicted octanol–water partition coefficient (Wildman–Crippen LogP) is 0.914. The predicted molar refractivity (Wildman–Crippen MR) is 93.2 cm³/mol. The SMILES string of the molecule is C=CCOC(=O)[C@H](CCCCNC(=O)OC(C)(C)C)NO.O=C(O)C(=O)O. The molecule has 0 heterocycles. The van der Waals surface area contributed by atoms with Gasteiger partial charge in [0.15, 0.2) is 0 Å². The van der Waals surface area contributed by atoms with E-state index in [0.29, 0.717) is 25.8 Å². The number of carboxylic acids is 2. The van der Waals surface area contributed by atoms with E-state index in [1.54, 1.807) is 20.8 Å². The van der Waals surface area contributed by atoms with E-state index in [9.17, 15) is 9.59 Å². The van der Waals surface area contributed by atoms with Crippen LogP contribution in [-0.2, 0) is 23.9 Å². The maximum absolute atomic E-state index is 11.5. The number of aliphatic carboxylic acids is 2. The van der Waals surface area contributed by atoms with E-state index in [2.05, 4.69) is 11.9 Å². The van der Waals surface area contributed by atoms with Gasteiger partial charge in [-0.2, -0.15) is 5.48 Å². The van der Waals surface area contributed by atoms with Crippen LogP contribution in [-0.4, -0.2) is 64.2 Å². The summed E-state index contributed by atoms with van der Waals surface area (Å²) in [4.78, 5) is 41.0. The number of ether oxygens (including phenoxy) is 2. The molecule has 1 amide bonds. The minimum Gasteiger partial charge on any atom is -0.473 e. The number of nitrogens with one attached hydrogen (secondary N) is 2. The third-order valence-electron chi connectivity index (χ3n) is 2.55. The lowest BCUT2D eigenvalue weighted by molar-refractivity contribution is -0.159. The molecule has 0 aromatic rings. The quantitative estimate of drug-likeness (QED) is 0.125. The Kier molecular flexibility index (Phi) is 14.3. The van der Waals surface area contributed by atoms with Crippen LogP contribution in [0.15, 0.2) is 12.7 Å². The Labute approximate surface area is 157 Å². The number of carbonyl (C=O) groups excluding carboxylic acids is 2. The lowest BCUT2D eigenvalue weighted by atomic mass is 10.1. The van der Waals surface area contributed by atoms with Crippen molar-refractivity contribution in [3.8, 4) is 0 Å². The Morgan fingerprint density at radius 3 is 2.07 bits per heavy atom. The van der Waals surface area contributed by atoms with Gasteiger partial charge in [-0.3, -0.25) is 4.79 Å². The van der Waals surface area contributed by atoms with Gasteiger partial charge >= 0.3 is 24.0 Å². The number of hydrogen-bond acceptors (Lipinski definition) is 8. The van der Waals surface area contributed by atoms with Crippen LogP contribution < -0.4 is 10.8 Å². The molecule has 1 atom stereocenters. The number of hydroxylamine groups is 1. The summed E-state index contributed by atoms with van der Waals surface area (Å²) in [7, 11) is 0. The number of esters is 1. The lowest BCUT2D eigenvalue weighted by Crippen LogP contribution is -2.36. The van der Waals surface area contributed by atoms with Crippen LogP contribution in [0.1, 0.15) is 40.0 Å². The topological polar surface area (TPSA) is 171 Å². The number of unbranched alkanes of at least 4 members (excludes halogenated alkanes) is 1. The van der Waals surface area contributed by atoms with E-state index >= 15 is 0 Å². The van der Waals surface area contributed by atoms with Gasteiger partial charge in [0, 0.05) is 6.54 Å². The number of carbonyl (C=O) groups is 4. The van der Waals surface area contributed by atoms with Crippen molar-refractivity contribution in [3.05, 3.63) is 12.7 Å². The fourth-order valence-electron chi connectivity index (χ4n) is 1.45. The third-order valence-corrected chi connectivity index (χ3v) is 2.55. The van der Waals surface area contributed by atoms with Crippen molar-refractivity contribution < 1.29 is 44.1 Å². The molecule has 0 bridgehead atoms. The normalized spacial score (nSPS) is 11.3. The zero-order chi connectivity index (χ0) is 21.5. The van der Waals surface area contributed by atoms with Crippen molar-refractivity contribution in [1.29, 1.82) is 0 Å². The Bertz CT molecular complexity index is 489. The molecule has 0 aromatic carbocycles. The fourth-order valence-corrected chi connectivity index (χ4v) is 1.45. The molecule has 0 fully saturated rings. The van der Waals surface area contributed by atoms with E-state index < -0.39 is 35.6 Å².